The summed E-state index contributed by atoms with van der Waals surface area (Å²) in [6.45, 7) is 2.81. The van der Waals surface area contributed by atoms with E-state index in [0.717, 1.165) is 38.4 Å². The Morgan fingerprint density at radius 2 is 1.78 bits per heavy atom. The molecule has 0 saturated heterocycles. The fraction of sp³-hybridized carbons (Fsp3) is 0.550. The van der Waals surface area contributed by atoms with Gasteiger partial charge in [0.25, 0.3) is 0 Å². The fourth-order valence-electron chi connectivity index (χ4n) is 3.85. The number of aliphatic imine (C=N–C) groups is 1. The SMILES string of the molecule is CN=C(NCCCCn1cnnc1)NCC1(c2ccccc2)CCCC1.I. The summed E-state index contributed by atoms with van der Waals surface area (Å²) in [5, 5.41) is 14.7. The van der Waals surface area contributed by atoms with Gasteiger partial charge in [0, 0.05) is 32.1 Å². The third-order valence-corrected chi connectivity index (χ3v) is 5.37. The molecule has 1 aliphatic carbocycles. The van der Waals surface area contributed by atoms with Gasteiger partial charge in [-0.15, -0.1) is 34.2 Å². The molecular weight excluding hydrogens is 451 g/mol. The minimum absolute atomic E-state index is 0. The highest BCUT2D eigenvalue weighted by molar-refractivity contribution is 14.0. The second-order valence-corrected chi connectivity index (χ2v) is 7.11. The van der Waals surface area contributed by atoms with Crippen LogP contribution in [-0.2, 0) is 12.0 Å². The quantitative estimate of drug-likeness (QED) is 0.262. The minimum atomic E-state index is 0. The maximum atomic E-state index is 4.39. The average Bonchev–Trinajstić information content (AvgIpc) is 3.37. The van der Waals surface area contributed by atoms with Gasteiger partial charge in [0.1, 0.15) is 12.7 Å². The van der Waals surface area contributed by atoms with Crippen LogP contribution in [0.1, 0.15) is 44.1 Å². The van der Waals surface area contributed by atoms with Crippen molar-refractivity contribution in [3.05, 3.63) is 48.5 Å². The smallest absolute Gasteiger partial charge is 0.191 e. The number of aryl methyl sites for hydroxylation is 1. The predicted molar refractivity (Wildman–Crippen MR) is 121 cm³/mol. The second-order valence-electron chi connectivity index (χ2n) is 7.11. The van der Waals surface area contributed by atoms with Crippen molar-refractivity contribution in [2.75, 3.05) is 20.1 Å². The Hall–Kier alpha value is -1.64. The van der Waals surface area contributed by atoms with E-state index in [1.54, 1.807) is 12.7 Å². The van der Waals surface area contributed by atoms with Gasteiger partial charge < -0.3 is 15.2 Å². The van der Waals surface area contributed by atoms with Gasteiger partial charge in [0.2, 0.25) is 0 Å². The summed E-state index contributed by atoms with van der Waals surface area (Å²) >= 11 is 0. The first-order chi connectivity index (χ1) is 12.8. The molecule has 1 heterocycles. The van der Waals surface area contributed by atoms with E-state index in [2.05, 4.69) is 56.2 Å². The molecule has 1 fully saturated rings. The van der Waals surface area contributed by atoms with Crippen molar-refractivity contribution in [1.29, 1.82) is 0 Å². The average molecular weight is 482 g/mol. The lowest BCUT2D eigenvalue weighted by Crippen LogP contribution is -2.45. The third-order valence-electron chi connectivity index (χ3n) is 5.37. The van der Waals surface area contributed by atoms with E-state index in [-0.39, 0.29) is 29.4 Å². The highest BCUT2D eigenvalue weighted by Gasteiger charge is 2.35. The van der Waals surface area contributed by atoms with Crippen LogP contribution in [-0.4, -0.2) is 40.9 Å². The van der Waals surface area contributed by atoms with Gasteiger partial charge in [-0.25, -0.2) is 0 Å². The standard InChI is InChI=1S/C20H30N6.HI/c1-21-19(22-13-7-8-14-26-16-24-25-17-26)23-15-20(11-5-6-12-20)18-9-3-2-4-10-18;/h2-4,9-10,16-17H,5-8,11-15H2,1H3,(H2,21,22,23);1H. The van der Waals surface area contributed by atoms with Crippen LogP contribution in [0.3, 0.4) is 0 Å². The molecule has 27 heavy (non-hydrogen) atoms. The molecule has 1 aromatic carbocycles. The van der Waals surface area contributed by atoms with Gasteiger partial charge in [-0.1, -0.05) is 43.2 Å². The van der Waals surface area contributed by atoms with Crippen molar-refractivity contribution in [3.63, 3.8) is 0 Å². The first-order valence-electron chi connectivity index (χ1n) is 9.65. The Morgan fingerprint density at radius 3 is 2.44 bits per heavy atom. The molecule has 0 atom stereocenters. The lowest BCUT2D eigenvalue weighted by Gasteiger charge is -2.30. The number of unbranched alkanes of at least 4 members (excludes halogenated alkanes) is 1. The van der Waals surface area contributed by atoms with Gasteiger partial charge in [-0.2, -0.15) is 0 Å². The first kappa shape index (κ1) is 21.7. The zero-order chi connectivity index (χ0) is 18.1. The largest absolute Gasteiger partial charge is 0.356 e. The molecule has 0 unspecified atom stereocenters. The molecule has 0 bridgehead atoms. The number of hydrogen-bond donors (Lipinski definition) is 2. The van der Waals surface area contributed by atoms with Crippen LogP contribution >= 0.6 is 24.0 Å². The van der Waals surface area contributed by atoms with Gasteiger partial charge in [0.15, 0.2) is 5.96 Å². The van der Waals surface area contributed by atoms with Crippen LogP contribution < -0.4 is 10.6 Å². The number of guanidine groups is 1. The van der Waals surface area contributed by atoms with Crippen molar-refractivity contribution in [1.82, 2.24) is 25.4 Å². The molecule has 3 rings (SSSR count). The topological polar surface area (TPSA) is 67.1 Å². The van der Waals surface area contributed by atoms with Crippen LogP contribution in [0.15, 0.2) is 48.0 Å². The van der Waals surface area contributed by atoms with Crippen molar-refractivity contribution in [2.24, 2.45) is 4.99 Å². The monoisotopic (exact) mass is 482 g/mol. The van der Waals surface area contributed by atoms with Crippen molar-refractivity contribution >= 4 is 29.9 Å². The van der Waals surface area contributed by atoms with E-state index >= 15 is 0 Å². The Labute approximate surface area is 179 Å². The van der Waals surface area contributed by atoms with Crippen LogP contribution in [0.4, 0.5) is 0 Å². The number of nitrogens with zero attached hydrogens (tertiary/aromatic N) is 4. The number of benzene rings is 1. The summed E-state index contributed by atoms with van der Waals surface area (Å²) in [5.74, 6) is 0.900. The minimum Gasteiger partial charge on any atom is -0.356 e. The summed E-state index contributed by atoms with van der Waals surface area (Å²) < 4.78 is 2.01. The molecule has 148 valence electrons. The molecule has 0 radical (unpaired) electrons. The van der Waals surface area contributed by atoms with Crippen LogP contribution in [0, 0.1) is 0 Å². The molecular formula is C20H31IN6. The lowest BCUT2D eigenvalue weighted by molar-refractivity contribution is 0.431. The number of nitrogens with one attached hydrogen (secondary N) is 2. The van der Waals surface area contributed by atoms with Crippen molar-refractivity contribution in [3.8, 4) is 0 Å². The Morgan fingerprint density at radius 1 is 1.07 bits per heavy atom. The van der Waals surface area contributed by atoms with E-state index in [1.807, 2.05) is 11.6 Å². The van der Waals surface area contributed by atoms with Crippen molar-refractivity contribution < 1.29 is 0 Å². The number of rotatable bonds is 8. The highest BCUT2D eigenvalue weighted by Crippen LogP contribution is 2.40. The number of aromatic nitrogens is 3. The van der Waals surface area contributed by atoms with Gasteiger partial charge in [0.05, 0.1) is 0 Å². The van der Waals surface area contributed by atoms with E-state index in [9.17, 15) is 0 Å². The molecule has 0 spiro atoms. The van der Waals surface area contributed by atoms with E-state index < -0.39 is 0 Å². The molecule has 6 nitrogen and oxygen atoms in total. The maximum absolute atomic E-state index is 4.39. The first-order valence-corrected chi connectivity index (χ1v) is 9.65. The summed E-state index contributed by atoms with van der Waals surface area (Å²) in [7, 11) is 1.84. The van der Waals surface area contributed by atoms with Crippen LogP contribution in [0.2, 0.25) is 0 Å². The van der Waals surface area contributed by atoms with E-state index in [4.69, 9.17) is 0 Å². The molecule has 1 aromatic heterocycles. The van der Waals surface area contributed by atoms with E-state index in [0.29, 0.717) is 0 Å². The lowest BCUT2D eigenvalue weighted by atomic mass is 9.79. The Balaban J connectivity index is 0.00000261. The molecule has 1 aliphatic rings. The second kappa shape index (κ2) is 11.3. The van der Waals surface area contributed by atoms with Gasteiger partial charge in [-0.05, 0) is 31.2 Å². The van der Waals surface area contributed by atoms with Crippen molar-refractivity contribution in [2.45, 2.75) is 50.5 Å². The van der Waals surface area contributed by atoms with Gasteiger partial charge >= 0.3 is 0 Å². The zero-order valence-electron chi connectivity index (χ0n) is 16.1. The normalized spacial score (nSPS) is 16.0. The maximum Gasteiger partial charge on any atom is 0.191 e. The zero-order valence-corrected chi connectivity index (χ0v) is 18.4. The molecule has 0 amide bonds. The molecule has 2 N–H and O–H groups in total. The van der Waals surface area contributed by atoms with Crippen LogP contribution in [0.25, 0.3) is 0 Å². The molecule has 2 aromatic rings. The van der Waals surface area contributed by atoms with Gasteiger partial charge in [-0.3, -0.25) is 4.99 Å². The fourth-order valence-corrected chi connectivity index (χ4v) is 3.85. The number of hydrogen-bond acceptors (Lipinski definition) is 3. The summed E-state index contributed by atoms with van der Waals surface area (Å²) in [5.41, 5.74) is 1.70. The summed E-state index contributed by atoms with van der Waals surface area (Å²) in [6.07, 6.45) is 10.8. The molecule has 0 aliphatic heterocycles. The third kappa shape index (κ3) is 6.19. The number of halogens is 1. The predicted octanol–water partition coefficient (Wildman–Crippen LogP) is 3.35. The molecule has 1 saturated carbocycles. The van der Waals surface area contributed by atoms with E-state index in [1.165, 1.54) is 31.2 Å². The molecule has 7 heteroatoms. The summed E-state index contributed by atoms with van der Waals surface area (Å²) in [6, 6.07) is 10.9. The Bertz CT molecular complexity index is 665. The Kier molecular flexibility index (Phi) is 9.03. The summed E-state index contributed by atoms with van der Waals surface area (Å²) in [4.78, 5) is 4.39. The van der Waals surface area contributed by atoms with Crippen LogP contribution in [0.5, 0.6) is 0 Å². The highest BCUT2D eigenvalue weighted by atomic mass is 127.